The summed E-state index contributed by atoms with van der Waals surface area (Å²) in [6.45, 7) is 6.33. The Morgan fingerprint density at radius 3 is 2.65 bits per heavy atom. The lowest BCUT2D eigenvalue weighted by Crippen LogP contribution is -2.53. The molecule has 3 aliphatic heterocycles. The number of nitrogens with zero attached hydrogens (tertiary/aromatic N) is 9. The maximum Gasteiger partial charge on any atom is 0.418 e. The van der Waals surface area contributed by atoms with Gasteiger partial charge in [0, 0.05) is 63.9 Å². The van der Waals surface area contributed by atoms with E-state index in [9.17, 15) is 27.5 Å². The van der Waals surface area contributed by atoms with Crippen molar-refractivity contribution in [2.24, 2.45) is 5.92 Å². The number of hydrogen-bond acceptors (Lipinski definition) is 13. The van der Waals surface area contributed by atoms with Crippen molar-refractivity contribution >= 4 is 34.5 Å². The molecular formula is C35H39F5N10O4. The van der Waals surface area contributed by atoms with Gasteiger partial charge < -0.3 is 29.9 Å². The molecule has 0 bridgehead atoms. The van der Waals surface area contributed by atoms with E-state index in [1.807, 2.05) is 4.90 Å². The summed E-state index contributed by atoms with van der Waals surface area (Å²) in [6, 6.07) is 0.817. The first-order chi connectivity index (χ1) is 25.4. The Kier molecular flexibility index (Phi) is 9.44. The van der Waals surface area contributed by atoms with Gasteiger partial charge >= 0.3 is 12.2 Å². The van der Waals surface area contributed by atoms with E-state index in [1.165, 1.54) is 39.1 Å². The first kappa shape index (κ1) is 37.3. The topological polar surface area (TPSA) is 173 Å². The Labute approximate surface area is 306 Å². The van der Waals surface area contributed by atoms with Gasteiger partial charge in [-0.25, -0.2) is 13.8 Å². The van der Waals surface area contributed by atoms with Crippen LogP contribution in [-0.4, -0.2) is 109 Å². The number of likely N-dealkylation sites (tertiary alicyclic amines) is 1. The predicted molar refractivity (Wildman–Crippen MR) is 185 cm³/mol. The van der Waals surface area contributed by atoms with Gasteiger partial charge in [-0.3, -0.25) is 14.7 Å². The molecule has 1 amide bonds. The molecule has 3 fully saturated rings. The number of anilines is 2. The van der Waals surface area contributed by atoms with Crippen molar-refractivity contribution in [1.29, 1.82) is 0 Å². The summed E-state index contributed by atoms with van der Waals surface area (Å²) in [6.07, 6.45) is -0.263. The summed E-state index contributed by atoms with van der Waals surface area (Å²) in [7, 11) is 1.70. The number of pyridine rings is 2. The smallest absolute Gasteiger partial charge is 0.418 e. The molecule has 0 aromatic carbocycles. The Morgan fingerprint density at radius 1 is 1.19 bits per heavy atom. The van der Waals surface area contributed by atoms with Gasteiger partial charge in [0.25, 0.3) is 5.89 Å². The monoisotopic (exact) mass is 758 g/mol. The third-order valence-electron chi connectivity index (χ3n) is 10.1. The summed E-state index contributed by atoms with van der Waals surface area (Å²) in [5.41, 5.74) is 0.674. The lowest BCUT2D eigenvalue weighted by Gasteiger charge is -2.40. The van der Waals surface area contributed by atoms with Crippen LogP contribution in [0.4, 0.5) is 33.6 Å². The Morgan fingerprint density at radius 2 is 1.94 bits per heavy atom. The minimum absolute atomic E-state index is 0.0334. The van der Waals surface area contributed by atoms with Crippen LogP contribution < -0.4 is 15.4 Å². The summed E-state index contributed by atoms with van der Waals surface area (Å²) in [5, 5.41) is 13.8. The molecule has 7 rings (SSSR count). The number of halogens is 5. The molecular weight excluding hydrogens is 719 g/mol. The molecule has 0 spiro atoms. The molecule has 3 saturated heterocycles. The van der Waals surface area contributed by atoms with Crippen molar-refractivity contribution in [2.45, 2.75) is 63.5 Å². The van der Waals surface area contributed by atoms with E-state index in [1.54, 1.807) is 16.8 Å². The van der Waals surface area contributed by atoms with Gasteiger partial charge in [-0.2, -0.15) is 28.1 Å². The predicted octanol–water partition coefficient (Wildman–Crippen LogP) is 4.31. The lowest BCUT2D eigenvalue weighted by molar-refractivity contribution is -0.137. The van der Waals surface area contributed by atoms with Crippen molar-refractivity contribution in [1.82, 2.24) is 39.9 Å². The van der Waals surface area contributed by atoms with Gasteiger partial charge in [0.1, 0.15) is 46.9 Å². The number of carbonyl (C=O) groups is 1. The summed E-state index contributed by atoms with van der Waals surface area (Å²) in [5.74, 6) is -1.43. The maximum atomic E-state index is 16.5. The molecule has 19 heteroatoms. The van der Waals surface area contributed by atoms with Crippen LogP contribution in [0.5, 0.6) is 6.01 Å². The van der Waals surface area contributed by atoms with E-state index >= 15 is 4.39 Å². The zero-order chi connectivity index (χ0) is 38.7. The zero-order valence-electron chi connectivity index (χ0n) is 30.0. The number of ether oxygens (including phenoxy) is 1. The molecule has 54 heavy (non-hydrogen) atoms. The minimum Gasteiger partial charge on any atom is -0.461 e. The fourth-order valence-electron chi connectivity index (χ4n) is 7.56. The quantitative estimate of drug-likeness (QED) is 0.173. The molecule has 0 aliphatic carbocycles. The lowest BCUT2D eigenvalue weighted by atomic mass is 9.95. The molecule has 7 heterocycles. The number of nitrogens with two attached hydrogens (primary N) is 1. The first-order valence-corrected chi connectivity index (χ1v) is 17.4. The molecule has 4 aromatic rings. The third-order valence-corrected chi connectivity index (χ3v) is 10.1. The fourth-order valence-corrected chi connectivity index (χ4v) is 7.56. The number of aliphatic hydroxyl groups is 1. The largest absolute Gasteiger partial charge is 0.461 e. The van der Waals surface area contributed by atoms with Gasteiger partial charge in [-0.15, -0.1) is 0 Å². The van der Waals surface area contributed by atoms with Gasteiger partial charge in [-0.1, -0.05) is 5.16 Å². The van der Waals surface area contributed by atoms with Crippen molar-refractivity contribution in [3.05, 3.63) is 47.0 Å². The number of hydrogen-bond donors (Lipinski definition) is 2. The van der Waals surface area contributed by atoms with Crippen molar-refractivity contribution in [3.8, 4) is 17.4 Å². The van der Waals surface area contributed by atoms with E-state index < -0.39 is 46.3 Å². The summed E-state index contributed by atoms with van der Waals surface area (Å²) in [4.78, 5) is 39.1. The number of carbonyl (C=O) groups excluding carboxylic acids is 1. The van der Waals surface area contributed by atoms with Gasteiger partial charge in [0.15, 0.2) is 5.82 Å². The zero-order valence-corrected chi connectivity index (χ0v) is 30.0. The van der Waals surface area contributed by atoms with Crippen molar-refractivity contribution in [2.75, 3.05) is 57.0 Å². The minimum atomic E-state index is -4.89. The van der Waals surface area contributed by atoms with E-state index in [0.29, 0.717) is 32.6 Å². The Bertz CT molecular complexity index is 2120. The highest BCUT2D eigenvalue weighted by molar-refractivity contribution is 5.93. The van der Waals surface area contributed by atoms with Crippen LogP contribution in [0.1, 0.15) is 56.0 Å². The van der Waals surface area contributed by atoms with Gasteiger partial charge in [0.2, 0.25) is 11.7 Å². The first-order valence-electron chi connectivity index (χ1n) is 17.4. The maximum absolute atomic E-state index is 16.5. The Hall–Kier alpha value is -5.04. The molecule has 0 unspecified atom stereocenters. The fraction of sp³-hybridized carbons (Fsp3) is 0.514. The number of aromatic nitrogens is 6. The van der Waals surface area contributed by atoms with Crippen LogP contribution in [0.15, 0.2) is 22.9 Å². The molecule has 0 saturated carbocycles. The van der Waals surface area contributed by atoms with Gasteiger partial charge in [0.05, 0.1) is 16.5 Å². The second-order valence-corrected chi connectivity index (χ2v) is 14.8. The standard InChI is InChI=1S/C35H39F5N10O4/c1-18-10-22(41)43-28(25(18)35(38,39)40)29-26(37)27-21(12-42-29)30(46-32(45-27)53-17-34-8-5-9-50(34)16-20(36)11-34)48(4)13-19-14-49(15-19)24(51)7-6-23-44-31(47-54-23)33(2,3)52/h6-7,10,12,19-20,52H,5,8-9,11,13-17H2,1-4H3,(H2,41,43)/b7-6+/t20-,34+/m1/s1. The van der Waals surface area contributed by atoms with Crippen LogP contribution in [0, 0.1) is 18.7 Å². The van der Waals surface area contributed by atoms with Crippen molar-refractivity contribution < 1.29 is 41.1 Å². The number of amides is 1. The second kappa shape index (κ2) is 13.7. The highest BCUT2D eigenvalue weighted by atomic mass is 19.4. The average molecular weight is 759 g/mol. The molecule has 3 N–H and O–H groups in total. The second-order valence-electron chi connectivity index (χ2n) is 14.8. The highest BCUT2D eigenvalue weighted by Gasteiger charge is 2.49. The van der Waals surface area contributed by atoms with E-state index in [2.05, 4.69) is 30.1 Å². The van der Waals surface area contributed by atoms with Gasteiger partial charge in [-0.05, 0) is 51.8 Å². The van der Waals surface area contributed by atoms with Crippen LogP contribution in [0.2, 0.25) is 0 Å². The van der Waals surface area contributed by atoms with E-state index in [4.69, 9.17) is 15.0 Å². The number of fused-ring (bicyclic) bond motifs is 2. The number of alkyl halides is 4. The van der Waals surface area contributed by atoms with Crippen LogP contribution >= 0.6 is 0 Å². The number of nitrogen functional groups attached to an aromatic ring is 1. The molecule has 14 nitrogen and oxygen atoms in total. The molecule has 4 aromatic heterocycles. The molecule has 3 aliphatic rings. The number of rotatable bonds is 10. The molecule has 0 radical (unpaired) electrons. The van der Waals surface area contributed by atoms with Crippen LogP contribution in [0.3, 0.4) is 0 Å². The normalized spacial score (nSPS) is 20.9. The van der Waals surface area contributed by atoms with Crippen molar-refractivity contribution in [3.63, 3.8) is 0 Å². The van der Waals surface area contributed by atoms with Crippen LogP contribution in [-0.2, 0) is 16.6 Å². The molecule has 288 valence electrons. The van der Waals surface area contributed by atoms with Crippen LogP contribution in [0.25, 0.3) is 28.4 Å². The summed E-state index contributed by atoms with van der Waals surface area (Å²) < 4.78 is 84.9. The third kappa shape index (κ3) is 7.13. The summed E-state index contributed by atoms with van der Waals surface area (Å²) >= 11 is 0. The number of aryl methyl sites for hydroxylation is 1. The van der Waals surface area contributed by atoms with E-state index in [-0.39, 0.29) is 77.2 Å². The highest BCUT2D eigenvalue weighted by Crippen LogP contribution is 2.42. The van der Waals surface area contributed by atoms with E-state index in [0.717, 1.165) is 12.5 Å². The SMILES string of the molecule is Cc1cc(N)nc(-c2ncc3c(N(C)CC4CN(C(=O)/C=C/c5nc(C(C)(C)O)no5)C4)nc(OC[C@@]45CCCN4C[C@H](F)C5)nc3c2F)c1C(F)(F)F. The average Bonchev–Trinajstić information content (AvgIpc) is 3.77. The molecule has 2 atom stereocenters. The Balaban J connectivity index is 1.16.